The monoisotopic (exact) mass is 373 g/mol. The number of methoxy groups -OCH3 is 1. The number of ether oxygens (including phenoxy) is 2. The van der Waals surface area contributed by atoms with Crippen LogP contribution in [0.1, 0.15) is 22.7 Å². The molecule has 0 aliphatic heterocycles. The van der Waals surface area contributed by atoms with Crippen molar-refractivity contribution in [3.63, 3.8) is 0 Å². The molecule has 4 heteroatoms. The van der Waals surface area contributed by atoms with Crippen LogP contribution >= 0.6 is 0 Å². The van der Waals surface area contributed by atoms with Gasteiger partial charge in [0.1, 0.15) is 12.4 Å². The van der Waals surface area contributed by atoms with Gasteiger partial charge < -0.3 is 14.8 Å². The third-order valence-electron chi connectivity index (χ3n) is 4.24. The van der Waals surface area contributed by atoms with Gasteiger partial charge in [0.15, 0.2) is 0 Å². The van der Waals surface area contributed by atoms with Crippen LogP contribution in [0.2, 0.25) is 0 Å². The maximum absolute atomic E-state index is 12.3. The molecule has 0 fully saturated rings. The molecule has 0 aliphatic carbocycles. The maximum Gasteiger partial charge on any atom is 0.408 e. The van der Waals surface area contributed by atoms with E-state index in [9.17, 15) is 4.79 Å². The van der Waals surface area contributed by atoms with Gasteiger partial charge in [0.2, 0.25) is 0 Å². The Morgan fingerprint density at radius 2 is 1.57 bits per heavy atom. The summed E-state index contributed by atoms with van der Waals surface area (Å²) in [5.41, 5.74) is 2.94. The Balaban J connectivity index is 1.68. The largest absolute Gasteiger partial charge is 0.497 e. The Bertz CT molecular complexity index is 890. The lowest BCUT2D eigenvalue weighted by atomic mass is 10.1. The summed E-state index contributed by atoms with van der Waals surface area (Å²) in [5, 5.41) is 2.92. The second-order valence-electron chi connectivity index (χ2n) is 6.23. The van der Waals surface area contributed by atoms with E-state index in [1.807, 2.05) is 97.1 Å². The molecule has 3 aromatic rings. The van der Waals surface area contributed by atoms with E-state index < -0.39 is 6.09 Å². The molecule has 142 valence electrons. The number of hydrogen-bond acceptors (Lipinski definition) is 3. The zero-order chi connectivity index (χ0) is 19.6. The minimum Gasteiger partial charge on any atom is -0.497 e. The second-order valence-corrected chi connectivity index (χ2v) is 6.23. The van der Waals surface area contributed by atoms with Crippen molar-refractivity contribution in [3.8, 4) is 5.75 Å². The highest BCUT2D eigenvalue weighted by Gasteiger charge is 2.12. The average molecular weight is 373 g/mol. The van der Waals surface area contributed by atoms with Crippen molar-refractivity contribution < 1.29 is 14.3 Å². The van der Waals surface area contributed by atoms with Crippen molar-refractivity contribution in [2.45, 2.75) is 12.6 Å². The molecule has 3 rings (SSSR count). The fourth-order valence-corrected chi connectivity index (χ4v) is 2.72. The highest BCUT2D eigenvalue weighted by Crippen LogP contribution is 2.18. The van der Waals surface area contributed by atoms with Crippen LogP contribution in [0, 0.1) is 0 Å². The number of benzene rings is 3. The van der Waals surface area contributed by atoms with E-state index in [4.69, 9.17) is 9.47 Å². The van der Waals surface area contributed by atoms with Crippen LogP contribution in [-0.2, 0) is 11.3 Å². The molecule has 3 aromatic carbocycles. The van der Waals surface area contributed by atoms with E-state index in [-0.39, 0.29) is 12.6 Å². The summed E-state index contributed by atoms with van der Waals surface area (Å²) in [6.45, 7) is 0.233. The molecule has 0 spiro atoms. The molecule has 0 saturated carbocycles. The number of carbonyl (C=O) groups excluding carboxylic acids is 1. The second kappa shape index (κ2) is 9.97. The van der Waals surface area contributed by atoms with E-state index in [1.165, 1.54) is 0 Å². The number of carbonyl (C=O) groups is 1. The molecule has 0 heterocycles. The first-order valence-electron chi connectivity index (χ1n) is 9.09. The zero-order valence-corrected chi connectivity index (χ0v) is 15.7. The Morgan fingerprint density at radius 3 is 2.21 bits per heavy atom. The lowest BCUT2D eigenvalue weighted by Crippen LogP contribution is -2.28. The van der Waals surface area contributed by atoms with Gasteiger partial charge in [-0.05, 0) is 28.8 Å². The standard InChI is InChI=1S/C24H23NO3/c1-27-22-15-12-19(13-16-22)14-17-23(21-10-6-3-7-11-21)25-24(26)28-18-20-8-4-2-5-9-20/h2-17,23H,18H2,1H3,(H,25,26)/b17-14+/t23-/m0/s1. The summed E-state index contributed by atoms with van der Waals surface area (Å²) in [4.78, 5) is 12.3. The van der Waals surface area contributed by atoms with Crippen LogP contribution in [0.3, 0.4) is 0 Å². The Labute approximate surface area is 165 Å². The van der Waals surface area contributed by atoms with Gasteiger partial charge >= 0.3 is 6.09 Å². The van der Waals surface area contributed by atoms with Crippen LogP contribution in [0.15, 0.2) is 91.0 Å². The van der Waals surface area contributed by atoms with E-state index in [0.29, 0.717) is 0 Å². The minimum atomic E-state index is -0.461. The van der Waals surface area contributed by atoms with Crippen molar-refractivity contribution >= 4 is 12.2 Å². The molecular formula is C24H23NO3. The molecule has 0 aromatic heterocycles. The van der Waals surface area contributed by atoms with Crippen molar-refractivity contribution in [2.24, 2.45) is 0 Å². The normalized spacial score (nSPS) is 11.8. The van der Waals surface area contributed by atoms with Crippen molar-refractivity contribution in [1.82, 2.24) is 5.32 Å². The van der Waals surface area contributed by atoms with E-state index in [2.05, 4.69) is 5.32 Å². The lowest BCUT2D eigenvalue weighted by molar-refractivity contribution is 0.137. The number of rotatable bonds is 7. The molecule has 0 radical (unpaired) electrons. The first-order valence-corrected chi connectivity index (χ1v) is 9.09. The van der Waals surface area contributed by atoms with Gasteiger partial charge in [-0.25, -0.2) is 4.79 Å². The van der Waals surface area contributed by atoms with Gasteiger partial charge in [-0.15, -0.1) is 0 Å². The van der Waals surface area contributed by atoms with Gasteiger partial charge in [-0.1, -0.05) is 84.9 Å². The van der Waals surface area contributed by atoms with Crippen LogP contribution in [0.5, 0.6) is 5.75 Å². The van der Waals surface area contributed by atoms with E-state index in [1.54, 1.807) is 7.11 Å². The Morgan fingerprint density at radius 1 is 0.929 bits per heavy atom. The molecule has 28 heavy (non-hydrogen) atoms. The number of alkyl carbamates (subject to hydrolysis) is 1. The summed E-state index contributed by atoms with van der Waals surface area (Å²) < 4.78 is 10.5. The van der Waals surface area contributed by atoms with Gasteiger partial charge in [-0.2, -0.15) is 0 Å². The molecule has 1 amide bonds. The molecule has 1 N–H and O–H groups in total. The van der Waals surface area contributed by atoms with Gasteiger partial charge in [0.05, 0.1) is 13.2 Å². The van der Waals surface area contributed by atoms with Crippen molar-refractivity contribution in [1.29, 1.82) is 0 Å². The lowest BCUT2D eigenvalue weighted by Gasteiger charge is -2.16. The summed E-state index contributed by atoms with van der Waals surface area (Å²) in [6.07, 6.45) is 3.45. The predicted molar refractivity (Wildman–Crippen MR) is 111 cm³/mol. The first-order chi connectivity index (χ1) is 13.7. The molecule has 0 unspecified atom stereocenters. The van der Waals surface area contributed by atoms with Crippen molar-refractivity contribution in [2.75, 3.05) is 7.11 Å². The van der Waals surface area contributed by atoms with Gasteiger partial charge in [-0.3, -0.25) is 0 Å². The first kappa shape index (κ1) is 19.2. The number of amides is 1. The quantitative estimate of drug-likeness (QED) is 0.605. The van der Waals surface area contributed by atoms with Crippen LogP contribution in [0.4, 0.5) is 4.79 Å². The maximum atomic E-state index is 12.3. The summed E-state index contributed by atoms with van der Waals surface area (Å²) in [6, 6.07) is 26.8. The smallest absolute Gasteiger partial charge is 0.408 e. The molecule has 1 atom stereocenters. The summed E-state index contributed by atoms with van der Waals surface area (Å²) >= 11 is 0. The van der Waals surface area contributed by atoms with E-state index in [0.717, 1.165) is 22.4 Å². The highest BCUT2D eigenvalue weighted by atomic mass is 16.5. The molecule has 0 bridgehead atoms. The Kier molecular flexibility index (Phi) is 6.85. The molecule has 0 aliphatic rings. The van der Waals surface area contributed by atoms with E-state index >= 15 is 0 Å². The fraction of sp³-hybridized carbons (Fsp3) is 0.125. The third-order valence-corrected chi connectivity index (χ3v) is 4.24. The topological polar surface area (TPSA) is 47.6 Å². The molecular weight excluding hydrogens is 350 g/mol. The zero-order valence-electron chi connectivity index (χ0n) is 15.7. The van der Waals surface area contributed by atoms with Crippen LogP contribution < -0.4 is 10.1 Å². The predicted octanol–water partition coefficient (Wildman–Crippen LogP) is 5.38. The van der Waals surface area contributed by atoms with Crippen LogP contribution in [0.25, 0.3) is 6.08 Å². The Hall–Kier alpha value is -3.53. The van der Waals surface area contributed by atoms with Gasteiger partial charge in [0.25, 0.3) is 0 Å². The summed E-state index contributed by atoms with van der Waals surface area (Å²) in [5.74, 6) is 0.805. The molecule has 4 nitrogen and oxygen atoms in total. The number of nitrogens with one attached hydrogen (secondary N) is 1. The van der Waals surface area contributed by atoms with Gasteiger partial charge in [0, 0.05) is 0 Å². The highest BCUT2D eigenvalue weighted by molar-refractivity contribution is 5.69. The minimum absolute atomic E-state index is 0.233. The SMILES string of the molecule is COc1ccc(/C=C/[C@H](NC(=O)OCc2ccccc2)c2ccccc2)cc1. The number of hydrogen-bond donors (Lipinski definition) is 1. The van der Waals surface area contributed by atoms with Crippen LogP contribution in [-0.4, -0.2) is 13.2 Å². The summed E-state index contributed by atoms with van der Waals surface area (Å²) in [7, 11) is 1.64. The molecule has 0 saturated heterocycles. The fourth-order valence-electron chi connectivity index (χ4n) is 2.72. The van der Waals surface area contributed by atoms with Crippen molar-refractivity contribution in [3.05, 3.63) is 108 Å². The average Bonchev–Trinajstić information content (AvgIpc) is 2.77. The third kappa shape index (κ3) is 5.74.